The van der Waals surface area contributed by atoms with Crippen LogP contribution in [0.1, 0.15) is 85.0 Å². The van der Waals surface area contributed by atoms with Crippen molar-refractivity contribution in [2.45, 2.75) is 105 Å². The molecule has 0 bridgehead atoms. The van der Waals surface area contributed by atoms with Gasteiger partial charge in [0.25, 0.3) is 0 Å². The highest BCUT2D eigenvalue weighted by Crippen LogP contribution is 2.31. The van der Waals surface area contributed by atoms with E-state index in [9.17, 15) is 24.3 Å². The number of hydrogen-bond acceptors (Lipinski definition) is 9. The van der Waals surface area contributed by atoms with Crippen molar-refractivity contribution in [2.24, 2.45) is 17.8 Å². The van der Waals surface area contributed by atoms with E-state index in [0.717, 1.165) is 23.3 Å². The highest BCUT2D eigenvalue weighted by atomic mass is 32.2. The summed E-state index contributed by atoms with van der Waals surface area (Å²) >= 11 is 1.32. The predicted octanol–water partition coefficient (Wildman–Crippen LogP) is 5.09. The van der Waals surface area contributed by atoms with E-state index in [-0.39, 0.29) is 42.5 Å². The minimum absolute atomic E-state index is 0.0375. The maximum Gasteiger partial charge on any atom is 0.306 e. The van der Waals surface area contributed by atoms with Crippen LogP contribution >= 0.6 is 11.8 Å². The van der Waals surface area contributed by atoms with Gasteiger partial charge in [0.1, 0.15) is 11.9 Å². The first-order valence-electron chi connectivity index (χ1n) is 16.1. The number of ether oxygens (including phenoxy) is 2. The minimum atomic E-state index is -0.946. The van der Waals surface area contributed by atoms with Gasteiger partial charge in [-0.2, -0.15) is 0 Å². The van der Waals surface area contributed by atoms with Gasteiger partial charge in [-0.3, -0.25) is 19.2 Å². The van der Waals surface area contributed by atoms with Crippen molar-refractivity contribution in [3.63, 3.8) is 0 Å². The number of carbonyl (C=O) groups is 4. The number of allylic oxidation sites excluding steroid dienone is 1. The summed E-state index contributed by atoms with van der Waals surface area (Å²) in [4.78, 5) is 61.5. The molecule has 256 valence electrons. The molecular formula is C34H52N4O7S. The Morgan fingerprint density at radius 3 is 2.33 bits per heavy atom. The number of esters is 1. The largest absolute Gasteiger partial charge is 0.481 e. The van der Waals surface area contributed by atoms with Crippen LogP contribution in [0.5, 0.6) is 0 Å². The molecule has 11 nitrogen and oxygen atoms in total. The fraction of sp³-hybridized carbons (Fsp3) is 0.647. The molecule has 1 aliphatic rings. The zero-order valence-electron chi connectivity index (χ0n) is 28.6. The molecular weight excluding hydrogens is 608 g/mol. The van der Waals surface area contributed by atoms with Crippen LogP contribution in [-0.4, -0.2) is 82.2 Å². The van der Waals surface area contributed by atoms with Crippen molar-refractivity contribution < 1.29 is 33.8 Å². The molecule has 2 heterocycles. The molecule has 1 saturated heterocycles. The topological polar surface area (TPSA) is 148 Å². The molecule has 2 amide bonds. The van der Waals surface area contributed by atoms with Gasteiger partial charge < -0.3 is 24.8 Å². The number of aliphatic carboxylic acids is 1. The molecule has 12 heteroatoms. The summed E-state index contributed by atoms with van der Waals surface area (Å²) in [6.07, 6.45) is 7.74. The predicted molar refractivity (Wildman–Crippen MR) is 179 cm³/mol. The molecule has 1 fully saturated rings. The van der Waals surface area contributed by atoms with Crippen LogP contribution in [0.4, 0.5) is 0 Å². The molecule has 1 aliphatic heterocycles. The first-order valence-corrected chi connectivity index (χ1v) is 16.9. The molecule has 1 aromatic heterocycles. The number of nitrogens with one attached hydrogen (secondary N) is 1. The molecule has 1 aromatic rings. The van der Waals surface area contributed by atoms with Gasteiger partial charge in [-0.25, -0.2) is 9.97 Å². The fourth-order valence-electron chi connectivity index (χ4n) is 5.01. The van der Waals surface area contributed by atoms with Crippen molar-refractivity contribution in [3.05, 3.63) is 45.7 Å². The Labute approximate surface area is 278 Å². The summed E-state index contributed by atoms with van der Waals surface area (Å²) in [7, 11) is 1.80. The summed E-state index contributed by atoms with van der Waals surface area (Å²) < 4.78 is 11.1. The van der Waals surface area contributed by atoms with Crippen LogP contribution in [0.3, 0.4) is 0 Å². The monoisotopic (exact) mass is 660 g/mol. The second kappa shape index (κ2) is 19.4. The van der Waals surface area contributed by atoms with Crippen molar-refractivity contribution in [1.29, 1.82) is 0 Å². The number of nitrogens with zero attached hydrogens (tertiary/aromatic N) is 3. The Bertz CT molecular complexity index is 1230. The number of carbonyl (C=O) groups excluding carboxylic acids is 3. The van der Waals surface area contributed by atoms with Gasteiger partial charge in [-0.05, 0) is 43.6 Å². The summed E-state index contributed by atoms with van der Waals surface area (Å²) in [5.74, 6) is -1.50. The molecule has 2 N–H and O–H groups in total. The number of carboxylic acid groups (broad SMARTS) is 1. The van der Waals surface area contributed by atoms with Gasteiger partial charge in [0.2, 0.25) is 11.8 Å². The number of unbranched alkanes of at least 4 members (excludes halogenated alkanes) is 1. The molecule has 0 radical (unpaired) electrons. The van der Waals surface area contributed by atoms with Gasteiger partial charge in [0.05, 0.1) is 19.1 Å². The number of carboxylic acids is 1. The molecule has 0 saturated carbocycles. The number of hydrogen-bond donors (Lipinski definition) is 2. The average molecular weight is 661 g/mol. The summed E-state index contributed by atoms with van der Waals surface area (Å²) in [6, 6.07) is -0.678. The quantitative estimate of drug-likeness (QED) is 0.152. The van der Waals surface area contributed by atoms with Crippen molar-refractivity contribution in [1.82, 2.24) is 20.2 Å². The molecule has 1 unspecified atom stereocenters. The SMILES string of the molecule is CCC/C=C(/S/C=C(\C)C(=O)N[C@@H](Cc1ncc(C)cn1)C[C@H](C)C(=O)O)[C@@H](CC(C(C)C)N(C)C(=O)CC1COC1)OC(C)=O. The Balaban J connectivity index is 2.25. The third-order valence-corrected chi connectivity index (χ3v) is 9.11. The Morgan fingerprint density at radius 2 is 1.80 bits per heavy atom. The molecule has 2 rings (SSSR count). The number of thioether (sulfide) groups is 1. The normalized spacial score (nSPS) is 16.6. The molecule has 46 heavy (non-hydrogen) atoms. The van der Waals surface area contributed by atoms with Gasteiger partial charge in [-0.15, -0.1) is 0 Å². The lowest BCUT2D eigenvalue weighted by Crippen LogP contribution is -2.45. The van der Waals surface area contributed by atoms with E-state index in [1.165, 1.54) is 18.7 Å². The standard InChI is InChI=1S/C34H52N4O7S/c1-9-10-11-30(29(45-25(7)39)15-28(21(2)3)38(8)32(40)13-26-18-44-19-26)46-20-24(6)33(41)37-27(12-23(5)34(42)43)14-31-35-16-22(4)17-36-31/h11,16-17,20-21,23,26-29H,9-10,12-15,18-19H2,1-8H3,(H,37,41)(H,42,43)/b24-20+,30-11+/t23-,27+,28?,29+/m0/s1. The molecule has 4 atom stereocenters. The maximum atomic E-state index is 13.3. The first-order chi connectivity index (χ1) is 21.7. The highest BCUT2D eigenvalue weighted by Gasteiger charge is 2.32. The lowest BCUT2D eigenvalue weighted by Gasteiger charge is -2.36. The second-order valence-corrected chi connectivity index (χ2v) is 13.5. The van der Waals surface area contributed by atoms with E-state index in [2.05, 4.69) is 22.2 Å². The van der Waals surface area contributed by atoms with Gasteiger partial charge in [0.15, 0.2) is 0 Å². The van der Waals surface area contributed by atoms with E-state index in [1.54, 1.807) is 43.6 Å². The van der Waals surface area contributed by atoms with Crippen LogP contribution in [0.2, 0.25) is 0 Å². The number of rotatable bonds is 19. The summed E-state index contributed by atoms with van der Waals surface area (Å²) in [5.41, 5.74) is 1.32. The van der Waals surface area contributed by atoms with Crippen LogP contribution in [0, 0.1) is 24.7 Å². The van der Waals surface area contributed by atoms with Crippen LogP contribution in [0.15, 0.2) is 34.4 Å². The van der Waals surface area contributed by atoms with Gasteiger partial charge in [-0.1, -0.05) is 52.0 Å². The van der Waals surface area contributed by atoms with Crippen molar-refractivity contribution >= 4 is 35.5 Å². The molecule has 0 spiro atoms. The van der Waals surface area contributed by atoms with E-state index in [1.807, 2.05) is 26.8 Å². The number of aromatic nitrogens is 2. The van der Waals surface area contributed by atoms with Crippen LogP contribution in [0.25, 0.3) is 0 Å². The second-order valence-electron chi connectivity index (χ2n) is 12.6. The van der Waals surface area contributed by atoms with Gasteiger partial charge >= 0.3 is 11.9 Å². The Hall–Kier alpha value is -3.25. The third-order valence-electron chi connectivity index (χ3n) is 7.93. The first kappa shape index (κ1) is 38.9. The molecule has 0 aliphatic carbocycles. The van der Waals surface area contributed by atoms with E-state index >= 15 is 0 Å². The zero-order valence-corrected chi connectivity index (χ0v) is 29.4. The molecule has 0 aromatic carbocycles. The van der Waals surface area contributed by atoms with Gasteiger partial charge in [0, 0.05) is 74.1 Å². The smallest absolute Gasteiger partial charge is 0.306 e. The summed E-state index contributed by atoms with van der Waals surface area (Å²) in [6.45, 7) is 13.9. The Morgan fingerprint density at radius 1 is 1.15 bits per heavy atom. The van der Waals surface area contributed by atoms with Crippen molar-refractivity contribution in [2.75, 3.05) is 20.3 Å². The van der Waals surface area contributed by atoms with E-state index in [4.69, 9.17) is 9.47 Å². The lowest BCUT2D eigenvalue weighted by molar-refractivity contribution is -0.146. The van der Waals surface area contributed by atoms with Crippen molar-refractivity contribution in [3.8, 4) is 0 Å². The zero-order chi connectivity index (χ0) is 34.4. The Kier molecular flexibility index (Phi) is 16.4. The van der Waals surface area contributed by atoms with E-state index < -0.39 is 30.0 Å². The average Bonchev–Trinajstić information content (AvgIpc) is 2.97. The summed E-state index contributed by atoms with van der Waals surface area (Å²) in [5, 5.41) is 14.2. The number of amides is 2. The lowest BCUT2D eigenvalue weighted by atomic mass is 9.94. The van der Waals surface area contributed by atoms with Crippen LogP contribution < -0.4 is 5.32 Å². The number of aryl methyl sites for hydroxylation is 1. The highest BCUT2D eigenvalue weighted by molar-refractivity contribution is 8.05. The fourth-order valence-corrected chi connectivity index (χ4v) is 5.95. The third kappa shape index (κ3) is 13.2. The van der Waals surface area contributed by atoms with E-state index in [0.29, 0.717) is 37.5 Å². The van der Waals surface area contributed by atoms with Crippen LogP contribution in [-0.2, 0) is 35.1 Å². The maximum absolute atomic E-state index is 13.3. The minimum Gasteiger partial charge on any atom is -0.481 e.